The molecule has 3 heteroatoms. The Labute approximate surface area is 118 Å². The summed E-state index contributed by atoms with van der Waals surface area (Å²) >= 11 is 0. The van der Waals surface area contributed by atoms with Crippen molar-refractivity contribution in [2.24, 2.45) is 0 Å². The minimum Gasteiger partial charge on any atom is -0.375 e. The molecule has 0 atom stereocenters. The molecule has 0 saturated heterocycles. The van der Waals surface area contributed by atoms with Gasteiger partial charge in [-0.15, -0.1) is 0 Å². The number of carbonyl (C=O) groups excluding carboxylic acids is 1. The lowest BCUT2D eigenvalue weighted by molar-refractivity contribution is -0.125. The second-order valence-electron chi connectivity index (χ2n) is 5.01. The van der Waals surface area contributed by atoms with Gasteiger partial charge in [0, 0.05) is 7.11 Å². The molecule has 1 aliphatic carbocycles. The summed E-state index contributed by atoms with van der Waals surface area (Å²) in [7, 11) is 1.53. The Balaban J connectivity index is 2.01. The molecule has 0 saturated carbocycles. The van der Waals surface area contributed by atoms with Gasteiger partial charge >= 0.3 is 0 Å². The van der Waals surface area contributed by atoms with Crippen LogP contribution in [-0.4, -0.2) is 19.6 Å². The summed E-state index contributed by atoms with van der Waals surface area (Å²) in [5.74, 6) is -0.0935. The molecule has 1 aliphatic rings. The number of methoxy groups -OCH3 is 1. The monoisotopic (exact) mass is 267 g/mol. The summed E-state index contributed by atoms with van der Waals surface area (Å²) in [6.07, 6.45) is 0.920. The van der Waals surface area contributed by atoms with Crippen molar-refractivity contribution in [3.63, 3.8) is 0 Å². The Morgan fingerprint density at radius 2 is 1.65 bits per heavy atom. The van der Waals surface area contributed by atoms with E-state index in [4.69, 9.17) is 4.74 Å². The summed E-state index contributed by atoms with van der Waals surface area (Å²) in [6, 6.07) is 16.5. The molecule has 0 heterocycles. The SMILES string of the molecule is COCC(=O)NC1c2ccccc2Cc2ccccc21. The first-order chi connectivity index (χ1) is 9.79. The van der Waals surface area contributed by atoms with Gasteiger partial charge in [0.15, 0.2) is 0 Å². The maximum Gasteiger partial charge on any atom is 0.246 e. The van der Waals surface area contributed by atoms with Gasteiger partial charge in [-0.05, 0) is 28.7 Å². The van der Waals surface area contributed by atoms with Crippen molar-refractivity contribution in [3.8, 4) is 0 Å². The van der Waals surface area contributed by atoms with E-state index in [1.54, 1.807) is 0 Å². The predicted molar refractivity (Wildman–Crippen MR) is 77.6 cm³/mol. The molecule has 0 aliphatic heterocycles. The first-order valence-corrected chi connectivity index (χ1v) is 6.73. The molecule has 2 aromatic carbocycles. The smallest absolute Gasteiger partial charge is 0.246 e. The summed E-state index contributed by atoms with van der Waals surface area (Å²) in [6.45, 7) is 0.0842. The quantitative estimate of drug-likeness (QED) is 0.927. The van der Waals surface area contributed by atoms with Gasteiger partial charge < -0.3 is 10.1 Å². The molecular weight excluding hydrogens is 250 g/mol. The predicted octanol–water partition coefficient (Wildman–Crippen LogP) is 2.44. The second kappa shape index (κ2) is 5.47. The number of benzene rings is 2. The Hall–Kier alpha value is -2.13. The normalized spacial score (nSPS) is 13.4. The highest BCUT2D eigenvalue weighted by Crippen LogP contribution is 2.34. The molecule has 20 heavy (non-hydrogen) atoms. The number of nitrogens with one attached hydrogen (secondary N) is 1. The average molecular weight is 267 g/mol. The van der Waals surface area contributed by atoms with Crippen LogP contribution in [0.3, 0.4) is 0 Å². The summed E-state index contributed by atoms with van der Waals surface area (Å²) in [5, 5.41) is 3.07. The standard InChI is InChI=1S/C17H17NO2/c1-20-11-16(19)18-17-14-8-4-2-6-12(14)10-13-7-3-5-9-15(13)17/h2-9,17H,10-11H2,1H3,(H,18,19). The largest absolute Gasteiger partial charge is 0.375 e. The van der Waals surface area contributed by atoms with Gasteiger partial charge in [0.1, 0.15) is 6.61 Å². The molecule has 1 amide bonds. The third-order valence-electron chi connectivity index (χ3n) is 3.69. The van der Waals surface area contributed by atoms with Crippen LogP contribution in [0.2, 0.25) is 0 Å². The molecule has 0 aromatic heterocycles. The van der Waals surface area contributed by atoms with Crippen molar-refractivity contribution < 1.29 is 9.53 Å². The lowest BCUT2D eigenvalue weighted by atomic mass is 9.82. The first-order valence-electron chi connectivity index (χ1n) is 6.73. The van der Waals surface area contributed by atoms with E-state index in [9.17, 15) is 4.79 Å². The van der Waals surface area contributed by atoms with Crippen LogP contribution in [0.4, 0.5) is 0 Å². The van der Waals surface area contributed by atoms with Gasteiger partial charge in [-0.1, -0.05) is 48.5 Å². The van der Waals surface area contributed by atoms with Crippen molar-refractivity contribution in [1.82, 2.24) is 5.32 Å². The minimum atomic E-state index is -0.0935. The Morgan fingerprint density at radius 3 is 2.20 bits per heavy atom. The highest BCUT2D eigenvalue weighted by Gasteiger charge is 2.25. The van der Waals surface area contributed by atoms with Crippen molar-refractivity contribution in [2.75, 3.05) is 13.7 Å². The van der Waals surface area contributed by atoms with Gasteiger partial charge in [0.05, 0.1) is 6.04 Å². The fourth-order valence-corrected chi connectivity index (χ4v) is 2.82. The summed E-state index contributed by atoms with van der Waals surface area (Å²) in [4.78, 5) is 11.9. The summed E-state index contributed by atoms with van der Waals surface area (Å²) in [5.41, 5.74) is 4.90. The molecule has 3 nitrogen and oxygen atoms in total. The maximum atomic E-state index is 11.9. The molecule has 1 N–H and O–H groups in total. The Morgan fingerprint density at radius 1 is 1.10 bits per heavy atom. The molecule has 0 unspecified atom stereocenters. The van der Waals surface area contributed by atoms with E-state index >= 15 is 0 Å². The molecule has 102 valence electrons. The van der Waals surface area contributed by atoms with E-state index in [-0.39, 0.29) is 18.6 Å². The van der Waals surface area contributed by atoms with Crippen LogP contribution >= 0.6 is 0 Å². The van der Waals surface area contributed by atoms with Gasteiger partial charge in [-0.25, -0.2) is 0 Å². The molecule has 2 aromatic rings. The third-order valence-corrected chi connectivity index (χ3v) is 3.69. The topological polar surface area (TPSA) is 38.3 Å². The fourth-order valence-electron chi connectivity index (χ4n) is 2.82. The zero-order valence-corrected chi connectivity index (χ0v) is 11.4. The molecule has 0 bridgehead atoms. The van der Waals surface area contributed by atoms with Crippen LogP contribution in [0.1, 0.15) is 28.3 Å². The molecule has 0 spiro atoms. The van der Waals surface area contributed by atoms with Crippen LogP contribution in [0.25, 0.3) is 0 Å². The van der Waals surface area contributed by atoms with Gasteiger partial charge in [0.2, 0.25) is 5.91 Å². The van der Waals surface area contributed by atoms with Crippen molar-refractivity contribution >= 4 is 5.91 Å². The Kier molecular flexibility index (Phi) is 3.52. The molecule has 0 fully saturated rings. The van der Waals surface area contributed by atoms with Gasteiger partial charge in [-0.2, -0.15) is 0 Å². The number of carbonyl (C=O) groups is 1. The molecule has 3 rings (SSSR count). The number of ether oxygens (including phenoxy) is 1. The number of fused-ring (bicyclic) bond motifs is 2. The highest BCUT2D eigenvalue weighted by atomic mass is 16.5. The molecule has 0 radical (unpaired) electrons. The van der Waals surface area contributed by atoms with E-state index in [0.29, 0.717) is 0 Å². The number of rotatable bonds is 3. The highest BCUT2D eigenvalue weighted by molar-refractivity contribution is 5.78. The number of amides is 1. The van der Waals surface area contributed by atoms with Gasteiger partial charge in [-0.3, -0.25) is 4.79 Å². The third kappa shape index (κ3) is 2.32. The first kappa shape index (κ1) is 12.9. The zero-order chi connectivity index (χ0) is 13.9. The van der Waals surface area contributed by atoms with Crippen molar-refractivity contribution in [1.29, 1.82) is 0 Å². The lowest BCUT2D eigenvalue weighted by Gasteiger charge is -2.29. The van der Waals surface area contributed by atoms with Crippen LogP contribution in [-0.2, 0) is 16.0 Å². The lowest BCUT2D eigenvalue weighted by Crippen LogP contribution is -2.34. The van der Waals surface area contributed by atoms with E-state index in [0.717, 1.165) is 6.42 Å². The van der Waals surface area contributed by atoms with Crippen LogP contribution in [0, 0.1) is 0 Å². The van der Waals surface area contributed by atoms with Crippen LogP contribution in [0.5, 0.6) is 0 Å². The molecular formula is C17H17NO2. The van der Waals surface area contributed by atoms with Gasteiger partial charge in [0.25, 0.3) is 0 Å². The fraction of sp³-hybridized carbons (Fsp3) is 0.235. The number of hydrogen-bond acceptors (Lipinski definition) is 2. The van der Waals surface area contributed by atoms with Crippen LogP contribution in [0.15, 0.2) is 48.5 Å². The average Bonchev–Trinajstić information content (AvgIpc) is 2.47. The van der Waals surface area contributed by atoms with Crippen molar-refractivity contribution in [2.45, 2.75) is 12.5 Å². The van der Waals surface area contributed by atoms with E-state index in [2.05, 4.69) is 29.6 Å². The minimum absolute atomic E-state index is 0.0842. The van der Waals surface area contributed by atoms with Crippen molar-refractivity contribution in [3.05, 3.63) is 70.8 Å². The second-order valence-corrected chi connectivity index (χ2v) is 5.01. The van der Waals surface area contributed by atoms with Crippen LogP contribution < -0.4 is 5.32 Å². The van der Waals surface area contributed by atoms with E-state index < -0.39 is 0 Å². The summed E-state index contributed by atoms with van der Waals surface area (Å²) < 4.78 is 4.91. The van der Waals surface area contributed by atoms with E-state index in [1.807, 2.05) is 24.3 Å². The maximum absolute atomic E-state index is 11.9. The number of hydrogen-bond donors (Lipinski definition) is 1. The Bertz CT molecular complexity index is 591. The van der Waals surface area contributed by atoms with E-state index in [1.165, 1.54) is 29.4 Å². The zero-order valence-electron chi connectivity index (χ0n) is 11.4.